The van der Waals surface area contributed by atoms with Gasteiger partial charge in [-0.15, -0.1) is 0 Å². The smallest absolute Gasteiger partial charge is 0.124 e. The summed E-state index contributed by atoms with van der Waals surface area (Å²) in [5, 5.41) is 9.38. The molecule has 0 bridgehead atoms. The van der Waals surface area contributed by atoms with Gasteiger partial charge < -0.3 is 14.7 Å². The second kappa shape index (κ2) is 5.61. The molecule has 0 radical (unpaired) electrons. The van der Waals surface area contributed by atoms with Crippen molar-refractivity contribution in [2.75, 3.05) is 24.6 Å². The summed E-state index contributed by atoms with van der Waals surface area (Å²) >= 11 is 0. The Kier molecular flexibility index (Phi) is 4.12. The minimum atomic E-state index is 0.0324. The molecular formula is C15H23NO2. The van der Waals surface area contributed by atoms with E-state index in [1.54, 1.807) is 0 Å². The SMILES string of the molecule is CCOc1ccc(N2CC(C(C)C)C2)cc1CO. The van der Waals surface area contributed by atoms with Crippen LogP contribution in [0.5, 0.6) is 5.75 Å². The summed E-state index contributed by atoms with van der Waals surface area (Å²) in [4.78, 5) is 2.36. The van der Waals surface area contributed by atoms with Crippen LogP contribution in [-0.4, -0.2) is 24.8 Å². The number of rotatable bonds is 5. The van der Waals surface area contributed by atoms with Gasteiger partial charge >= 0.3 is 0 Å². The predicted molar refractivity (Wildman–Crippen MR) is 74.1 cm³/mol. The van der Waals surface area contributed by atoms with Crippen LogP contribution in [0.15, 0.2) is 18.2 Å². The number of aliphatic hydroxyl groups excluding tert-OH is 1. The van der Waals surface area contributed by atoms with Gasteiger partial charge in [-0.05, 0) is 37.0 Å². The van der Waals surface area contributed by atoms with Crippen LogP contribution in [0.2, 0.25) is 0 Å². The normalized spacial score (nSPS) is 15.9. The fraction of sp³-hybridized carbons (Fsp3) is 0.600. The van der Waals surface area contributed by atoms with E-state index in [-0.39, 0.29) is 6.61 Å². The van der Waals surface area contributed by atoms with E-state index >= 15 is 0 Å². The van der Waals surface area contributed by atoms with Crippen molar-refractivity contribution < 1.29 is 9.84 Å². The Balaban J connectivity index is 2.07. The zero-order chi connectivity index (χ0) is 13.1. The van der Waals surface area contributed by atoms with Gasteiger partial charge in [-0.25, -0.2) is 0 Å². The second-order valence-electron chi connectivity index (χ2n) is 5.29. The maximum absolute atomic E-state index is 9.38. The zero-order valence-electron chi connectivity index (χ0n) is 11.5. The molecule has 3 heteroatoms. The molecular weight excluding hydrogens is 226 g/mol. The maximum atomic E-state index is 9.38. The van der Waals surface area contributed by atoms with Crippen LogP contribution >= 0.6 is 0 Å². The fourth-order valence-electron chi connectivity index (χ4n) is 2.33. The van der Waals surface area contributed by atoms with Crippen LogP contribution in [0, 0.1) is 11.8 Å². The summed E-state index contributed by atoms with van der Waals surface area (Å²) in [6.07, 6.45) is 0. The standard InChI is InChI=1S/C15H23NO2/c1-4-18-15-6-5-14(7-12(15)10-17)16-8-13(9-16)11(2)3/h5-7,11,13,17H,4,8-10H2,1-3H3. The molecule has 1 N–H and O–H groups in total. The van der Waals surface area contributed by atoms with E-state index in [9.17, 15) is 5.11 Å². The molecule has 0 atom stereocenters. The number of anilines is 1. The monoisotopic (exact) mass is 249 g/mol. The van der Waals surface area contributed by atoms with Crippen LogP contribution in [0.25, 0.3) is 0 Å². The van der Waals surface area contributed by atoms with E-state index in [4.69, 9.17) is 4.74 Å². The van der Waals surface area contributed by atoms with Gasteiger partial charge in [0, 0.05) is 24.3 Å². The van der Waals surface area contributed by atoms with Crippen LogP contribution < -0.4 is 9.64 Å². The average Bonchev–Trinajstić information content (AvgIpc) is 2.28. The van der Waals surface area contributed by atoms with Crippen LogP contribution in [-0.2, 0) is 6.61 Å². The molecule has 1 saturated heterocycles. The Labute approximate surface area is 109 Å². The van der Waals surface area contributed by atoms with Crippen LogP contribution in [0.3, 0.4) is 0 Å². The molecule has 1 aromatic rings. The molecule has 100 valence electrons. The lowest BCUT2D eigenvalue weighted by molar-refractivity contribution is 0.266. The van der Waals surface area contributed by atoms with Gasteiger partial charge in [0.2, 0.25) is 0 Å². The van der Waals surface area contributed by atoms with Crippen molar-refractivity contribution in [2.24, 2.45) is 11.8 Å². The Morgan fingerprint density at radius 1 is 1.39 bits per heavy atom. The van der Waals surface area contributed by atoms with E-state index in [1.807, 2.05) is 19.1 Å². The molecule has 18 heavy (non-hydrogen) atoms. The summed E-state index contributed by atoms with van der Waals surface area (Å²) in [5.41, 5.74) is 2.07. The molecule has 1 fully saturated rings. The van der Waals surface area contributed by atoms with E-state index in [1.165, 1.54) is 5.69 Å². The molecule has 0 aliphatic carbocycles. The molecule has 1 aliphatic rings. The third kappa shape index (κ3) is 2.61. The van der Waals surface area contributed by atoms with Gasteiger partial charge in [-0.3, -0.25) is 0 Å². The number of hydrogen-bond acceptors (Lipinski definition) is 3. The van der Waals surface area contributed by atoms with Gasteiger partial charge in [0.1, 0.15) is 5.75 Å². The van der Waals surface area contributed by atoms with Crippen LogP contribution in [0.4, 0.5) is 5.69 Å². The Hall–Kier alpha value is -1.22. The van der Waals surface area contributed by atoms with Crippen molar-refractivity contribution in [3.05, 3.63) is 23.8 Å². The highest BCUT2D eigenvalue weighted by atomic mass is 16.5. The summed E-state index contributed by atoms with van der Waals surface area (Å²) in [5.74, 6) is 2.35. The first-order valence-corrected chi connectivity index (χ1v) is 6.77. The predicted octanol–water partition coefficient (Wildman–Crippen LogP) is 2.67. The van der Waals surface area contributed by atoms with Crippen molar-refractivity contribution in [1.82, 2.24) is 0 Å². The summed E-state index contributed by atoms with van der Waals surface area (Å²) < 4.78 is 5.50. The van der Waals surface area contributed by atoms with Gasteiger partial charge in [0.15, 0.2) is 0 Å². The van der Waals surface area contributed by atoms with Crippen molar-refractivity contribution in [3.63, 3.8) is 0 Å². The lowest BCUT2D eigenvalue weighted by Gasteiger charge is -2.43. The molecule has 0 unspecified atom stereocenters. The molecule has 1 heterocycles. The van der Waals surface area contributed by atoms with Gasteiger partial charge in [0.05, 0.1) is 13.2 Å². The lowest BCUT2D eigenvalue weighted by atomic mass is 9.88. The Morgan fingerprint density at radius 2 is 2.11 bits per heavy atom. The zero-order valence-corrected chi connectivity index (χ0v) is 11.5. The van der Waals surface area contributed by atoms with E-state index in [2.05, 4.69) is 24.8 Å². The first-order valence-electron chi connectivity index (χ1n) is 6.77. The molecule has 2 rings (SSSR count). The minimum Gasteiger partial charge on any atom is -0.494 e. The molecule has 0 spiro atoms. The van der Waals surface area contributed by atoms with E-state index in [0.29, 0.717) is 6.61 Å². The molecule has 1 aliphatic heterocycles. The summed E-state index contributed by atoms with van der Waals surface area (Å²) in [6.45, 7) is 9.42. The highest BCUT2D eigenvalue weighted by molar-refractivity contribution is 5.54. The summed E-state index contributed by atoms with van der Waals surface area (Å²) in [7, 11) is 0. The van der Waals surface area contributed by atoms with E-state index < -0.39 is 0 Å². The molecule has 0 aromatic heterocycles. The van der Waals surface area contributed by atoms with Gasteiger partial charge in [0.25, 0.3) is 0 Å². The highest BCUT2D eigenvalue weighted by Crippen LogP contribution is 2.32. The van der Waals surface area contributed by atoms with Crippen molar-refractivity contribution >= 4 is 5.69 Å². The molecule has 0 amide bonds. The Bertz CT molecular complexity index is 397. The fourth-order valence-corrected chi connectivity index (χ4v) is 2.33. The lowest BCUT2D eigenvalue weighted by Crippen LogP contribution is -2.49. The first-order chi connectivity index (χ1) is 8.65. The number of benzene rings is 1. The average molecular weight is 249 g/mol. The third-order valence-electron chi connectivity index (χ3n) is 3.73. The van der Waals surface area contributed by atoms with Gasteiger partial charge in [-0.2, -0.15) is 0 Å². The largest absolute Gasteiger partial charge is 0.494 e. The molecule has 1 aromatic carbocycles. The van der Waals surface area contributed by atoms with Crippen LogP contribution in [0.1, 0.15) is 26.3 Å². The molecule has 0 saturated carbocycles. The van der Waals surface area contributed by atoms with Crippen molar-refractivity contribution in [1.29, 1.82) is 0 Å². The minimum absolute atomic E-state index is 0.0324. The number of aliphatic hydroxyl groups is 1. The summed E-state index contributed by atoms with van der Waals surface area (Å²) in [6, 6.07) is 6.09. The second-order valence-corrected chi connectivity index (χ2v) is 5.29. The van der Waals surface area contributed by atoms with Crippen molar-refractivity contribution in [2.45, 2.75) is 27.4 Å². The third-order valence-corrected chi connectivity index (χ3v) is 3.73. The highest BCUT2D eigenvalue weighted by Gasteiger charge is 2.29. The number of nitrogens with zero attached hydrogens (tertiary/aromatic N) is 1. The molecule has 3 nitrogen and oxygen atoms in total. The Morgan fingerprint density at radius 3 is 2.67 bits per heavy atom. The van der Waals surface area contributed by atoms with E-state index in [0.717, 1.165) is 36.2 Å². The number of hydrogen-bond donors (Lipinski definition) is 1. The number of ether oxygens (including phenoxy) is 1. The van der Waals surface area contributed by atoms with Crippen molar-refractivity contribution in [3.8, 4) is 5.75 Å². The topological polar surface area (TPSA) is 32.7 Å². The first kappa shape index (κ1) is 13.2. The quantitative estimate of drug-likeness (QED) is 0.871. The maximum Gasteiger partial charge on any atom is 0.124 e. The van der Waals surface area contributed by atoms with Gasteiger partial charge in [-0.1, -0.05) is 13.8 Å².